The number of hydrogen-bond donors (Lipinski definition) is 1. The smallest absolute Gasteiger partial charge is 0.318 e. The van der Waals surface area contributed by atoms with Gasteiger partial charge in [0.25, 0.3) is 0 Å². The maximum atomic E-state index is 13.9. The molecule has 0 bridgehead atoms. The zero-order valence-electron chi connectivity index (χ0n) is 11.3. The third-order valence-electron chi connectivity index (χ3n) is 2.59. The van der Waals surface area contributed by atoms with Gasteiger partial charge in [0.2, 0.25) is 10.0 Å². The van der Waals surface area contributed by atoms with Gasteiger partial charge in [0.15, 0.2) is 0 Å². The minimum Gasteiger partial charge on any atom is -0.497 e. The molecule has 0 aliphatic rings. The van der Waals surface area contributed by atoms with E-state index in [-0.39, 0.29) is 5.75 Å². The van der Waals surface area contributed by atoms with E-state index in [0.717, 1.165) is 16.4 Å². The summed E-state index contributed by atoms with van der Waals surface area (Å²) >= 11 is 0. The van der Waals surface area contributed by atoms with Crippen molar-refractivity contribution in [1.29, 1.82) is 0 Å². The molecule has 0 unspecified atom stereocenters. The van der Waals surface area contributed by atoms with Crippen LogP contribution in [0, 0.1) is 5.82 Å². The molecule has 0 amide bonds. The van der Waals surface area contributed by atoms with Crippen molar-refractivity contribution in [3.63, 3.8) is 0 Å². The number of carboxylic acid groups (broad SMARTS) is 1. The van der Waals surface area contributed by atoms with Crippen LogP contribution in [0.2, 0.25) is 0 Å². The number of aliphatic carboxylic acids is 1. The molecule has 6 nitrogen and oxygen atoms in total. The van der Waals surface area contributed by atoms with E-state index in [1.54, 1.807) is 0 Å². The Morgan fingerprint density at radius 2 is 2.05 bits per heavy atom. The second-order valence-electron chi connectivity index (χ2n) is 4.33. The van der Waals surface area contributed by atoms with Crippen LogP contribution in [0.3, 0.4) is 0 Å². The summed E-state index contributed by atoms with van der Waals surface area (Å²) in [6.07, 6.45) is 0. The summed E-state index contributed by atoms with van der Waals surface area (Å²) in [7, 11) is -2.90. The Balaban J connectivity index is 3.29. The number of benzene rings is 1. The van der Waals surface area contributed by atoms with E-state index in [4.69, 9.17) is 9.84 Å². The molecule has 0 aliphatic carbocycles. The van der Waals surface area contributed by atoms with Crippen LogP contribution >= 0.6 is 0 Å². The molecule has 0 saturated heterocycles. The summed E-state index contributed by atoms with van der Waals surface area (Å²) in [6, 6.07) is 2.68. The molecule has 1 aromatic carbocycles. The van der Waals surface area contributed by atoms with Crippen LogP contribution in [-0.4, -0.2) is 43.5 Å². The van der Waals surface area contributed by atoms with Gasteiger partial charge in [0.1, 0.15) is 23.0 Å². The largest absolute Gasteiger partial charge is 0.497 e. The van der Waals surface area contributed by atoms with Gasteiger partial charge in [-0.05, 0) is 26.0 Å². The summed E-state index contributed by atoms with van der Waals surface area (Å²) in [4.78, 5) is 10.2. The molecule has 0 aromatic heterocycles. The van der Waals surface area contributed by atoms with E-state index >= 15 is 0 Å². The second-order valence-corrected chi connectivity index (χ2v) is 6.19. The van der Waals surface area contributed by atoms with Crippen LogP contribution in [0.5, 0.6) is 5.75 Å². The van der Waals surface area contributed by atoms with Gasteiger partial charge in [-0.3, -0.25) is 4.79 Å². The maximum Gasteiger partial charge on any atom is 0.318 e. The Morgan fingerprint density at radius 1 is 1.45 bits per heavy atom. The van der Waals surface area contributed by atoms with Crippen molar-refractivity contribution < 1.29 is 27.4 Å². The first-order chi connectivity index (χ1) is 9.20. The molecule has 1 aromatic rings. The number of sulfonamides is 1. The zero-order valence-corrected chi connectivity index (χ0v) is 12.1. The Hall–Kier alpha value is -1.67. The fraction of sp³-hybridized carbons (Fsp3) is 0.417. The number of ether oxygens (including phenoxy) is 1. The molecule has 0 fully saturated rings. The van der Waals surface area contributed by atoms with Crippen molar-refractivity contribution in [2.45, 2.75) is 24.8 Å². The van der Waals surface area contributed by atoms with Gasteiger partial charge in [-0.2, -0.15) is 4.31 Å². The average Bonchev–Trinajstić information content (AvgIpc) is 2.34. The fourth-order valence-corrected chi connectivity index (χ4v) is 3.26. The SMILES string of the molecule is COc1ccc(S(=O)(=O)N(CC(=O)O)C(C)C)c(F)c1. The Bertz CT molecular complexity index is 600. The second kappa shape index (κ2) is 6.19. The number of halogens is 1. The molecule has 0 heterocycles. The molecule has 0 aliphatic heterocycles. The minimum absolute atomic E-state index is 0.177. The van der Waals surface area contributed by atoms with Gasteiger partial charge < -0.3 is 9.84 Å². The van der Waals surface area contributed by atoms with Gasteiger partial charge in [-0.15, -0.1) is 0 Å². The highest BCUT2D eigenvalue weighted by atomic mass is 32.2. The molecule has 1 rings (SSSR count). The molecular weight excluding hydrogens is 289 g/mol. The van der Waals surface area contributed by atoms with Crippen molar-refractivity contribution >= 4 is 16.0 Å². The van der Waals surface area contributed by atoms with Crippen molar-refractivity contribution in [2.75, 3.05) is 13.7 Å². The van der Waals surface area contributed by atoms with Crippen LogP contribution in [0.4, 0.5) is 4.39 Å². The van der Waals surface area contributed by atoms with E-state index < -0.39 is 39.3 Å². The number of hydrogen-bond acceptors (Lipinski definition) is 4. The van der Waals surface area contributed by atoms with Gasteiger partial charge >= 0.3 is 5.97 Å². The molecule has 0 saturated carbocycles. The topological polar surface area (TPSA) is 83.9 Å². The first-order valence-corrected chi connectivity index (χ1v) is 7.21. The van der Waals surface area contributed by atoms with Crippen LogP contribution in [-0.2, 0) is 14.8 Å². The normalized spacial score (nSPS) is 11.9. The summed E-state index contributed by atoms with van der Waals surface area (Å²) in [5.41, 5.74) is 0. The number of methoxy groups -OCH3 is 1. The van der Waals surface area contributed by atoms with Gasteiger partial charge in [0, 0.05) is 12.1 Å². The number of carboxylic acids is 1. The van der Waals surface area contributed by atoms with Crippen molar-refractivity contribution in [3.05, 3.63) is 24.0 Å². The van der Waals surface area contributed by atoms with Crippen LogP contribution in [0.1, 0.15) is 13.8 Å². The Morgan fingerprint density at radius 3 is 2.45 bits per heavy atom. The molecule has 0 spiro atoms. The lowest BCUT2D eigenvalue weighted by Crippen LogP contribution is -2.40. The van der Waals surface area contributed by atoms with Crippen LogP contribution < -0.4 is 4.74 Å². The van der Waals surface area contributed by atoms with Crippen LogP contribution in [0.25, 0.3) is 0 Å². The molecule has 0 atom stereocenters. The van der Waals surface area contributed by atoms with Crippen molar-refractivity contribution in [3.8, 4) is 5.75 Å². The first-order valence-electron chi connectivity index (χ1n) is 5.77. The standard InChI is InChI=1S/C12H16FNO5S/c1-8(2)14(7-12(15)16)20(17,18)11-5-4-9(19-3)6-10(11)13/h4-6,8H,7H2,1-3H3,(H,15,16). The lowest BCUT2D eigenvalue weighted by molar-refractivity contribution is -0.137. The Labute approximate surface area is 116 Å². The molecule has 8 heteroatoms. The maximum absolute atomic E-state index is 13.9. The summed E-state index contributed by atoms with van der Waals surface area (Å²) in [6.45, 7) is 2.30. The fourth-order valence-electron chi connectivity index (χ4n) is 1.62. The highest BCUT2D eigenvalue weighted by Crippen LogP contribution is 2.24. The minimum atomic E-state index is -4.23. The van der Waals surface area contributed by atoms with E-state index in [2.05, 4.69) is 0 Å². The molecule has 1 N–H and O–H groups in total. The van der Waals surface area contributed by atoms with E-state index in [1.807, 2.05) is 0 Å². The van der Waals surface area contributed by atoms with Gasteiger partial charge in [-0.1, -0.05) is 0 Å². The van der Waals surface area contributed by atoms with Crippen molar-refractivity contribution in [2.24, 2.45) is 0 Å². The molecule has 112 valence electrons. The molecule has 0 radical (unpaired) electrons. The third-order valence-corrected chi connectivity index (χ3v) is 4.65. The molecular formula is C12H16FNO5S. The number of rotatable bonds is 6. The number of nitrogens with zero attached hydrogens (tertiary/aromatic N) is 1. The number of carbonyl (C=O) groups is 1. The quantitative estimate of drug-likeness (QED) is 0.857. The summed E-state index contributed by atoms with van der Waals surface area (Å²) < 4.78 is 44.0. The Kier molecular flexibility index (Phi) is 5.07. The van der Waals surface area contributed by atoms with Crippen LogP contribution in [0.15, 0.2) is 23.1 Å². The van der Waals surface area contributed by atoms with Gasteiger partial charge in [0.05, 0.1) is 7.11 Å². The summed E-state index contributed by atoms with van der Waals surface area (Å²) in [5, 5.41) is 8.77. The highest BCUT2D eigenvalue weighted by molar-refractivity contribution is 7.89. The monoisotopic (exact) mass is 305 g/mol. The zero-order chi connectivity index (χ0) is 15.5. The van der Waals surface area contributed by atoms with Crippen molar-refractivity contribution in [1.82, 2.24) is 4.31 Å². The lowest BCUT2D eigenvalue weighted by Gasteiger charge is -2.24. The first kappa shape index (κ1) is 16.4. The van der Waals surface area contributed by atoms with Gasteiger partial charge in [-0.25, -0.2) is 12.8 Å². The predicted octanol–water partition coefficient (Wildman–Crippen LogP) is 1.32. The van der Waals surface area contributed by atoms with E-state index in [9.17, 15) is 17.6 Å². The average molecular weight is 305 g/mol. The molecule has 20 heavy (non-hydrogen) atoms. The highest BCUT2D eigenvalue weighted by Gasteiger charge is 2.31. The van der Waals surface area contributed by atoms with E-state index in [1.165, 1.54) is 27.0 Å². The third kappa shape index (κ3) is 3.45. The lowest BCUT2D eigenvalue weighted by atomic mass is 10.3. The van der Waals surface area contributed by atoms with E-state index in [0.29, 0.717) is 0 Å². The summed E-state index contributed by atoms with van der Waals surface area (Å²) in [5.74, 6) is -2.12. The predicted molar refractivity (Wildman–Crippen MR) is 69.6 cm³/mol.